The summed E-state index contributed by atoms with van der Waals surface area (Å²) >= 11 is 6.21. The number of methoxy groups -OCH3 is 1. The van der Waals surface area contributed by atoms with Crippen LogP contribution in [-0.2, 0) is 9.47 Å². The molecule has 1 saturated heterocycles. The minimum Gasteiger partial charge on any atom is -0.467 e. The molecule has 3 aromatic rings. The van der Waals surface area contributed by atoms with Gasteiger partial charge < -0.3 is 23.8 Å². The van der Waals surface area contributed by atoms with Crippen molar-refractivity contribution < 1.29 is 23.7 Å². The van der Waals surface area contributed by atoms with E-state index < -0.39 is 5.97 Å². The Balaban J connectivity index is 1.30. The average molecular weight is 619 g/mol. The van der Waals surface area contributed by atoms with Gasteiger partial charge in [-0.1, -0.05) is 49.2 Å². The van der Waals surface area contributed by atoms with E-state index in [-0.39, 0.29) is 13.4 Å². The molecule has 0 spiro atoms. The summed E-state index contributed by atoms with van der Waals surface area (Å²) < 4.78 is 22.2. The Kier molecular flexibility index (Phi) is 10.5. The van der Waals surface area contributed by atoms with E-state index in [9.17, 15) is 4.79 Å². The molecule has 44 heavy (non-hydrogen) atoms. The topological polar surface area (TPSA) is 60.5 Å². The molecule has 0 N–H and O–H groups in total. The Morgan fingerprint density at radius 2 is 1.70 bits per heavy atom. The third-order valence-corrected chi connectivity index (χ3v) is 8.62. The lowest BCUT2D eigenvalue weighted by atomic mass is 9.72. The minimum absolute atomic E-state index is 0.136. The number of halogens is 1. The number of ether oxygens (including phenoxy) is 4. The molecule has 0 saturated carbocycles. The Hall–Kier alpha value is -3.52. The van der Waals surface area contributed by atoms with E-state index in [0.717, 1.165) is 56.3 Å². The van der Waals surface area contributed by atoms with Crippen molar-refractivity contribution in [3.8, 4) is 17.2 Å². The standard InChI is InChI=1S/C36H43ClN2O5/c1-5-42-35(40)32-14-13-29(21-34(32)44-31-8-6-7-30(22-31)43-25-41-4)39-19-17-38(18-20-39)24-27-15-16-36(2,3)23-33(27)26-9-11-28(37)12-10-26/h6-14,21-22H,5,15-20,23-25H2,1-4H3. The van der Waals surface area contributed by atoms with Gasteiger partial charge >= 0.3 is 5.97 Å². The van der Waals surface area contributed by atoms with Gasteiger partial charge in [-0.25, -0.2) is 4.79 Å². The van der Waals surface area contributed by atoms with Crippen LogP contribution in [0, 0.1) is 5.41 Å². The van der Waals surface area contributed by atoms with E-state index in [1.54, 1.807) is 31.7 Å². The van der Waals surface area contributed by atoms with E-state index in [1.807, 2.05) is 42.5 Å². The number of benzene rings is 3. The molecule has 5 rings (SSSR count). The zero-order valence-corrected chi connectivity index (χ0v) is 27.0. The van der Waals surface area contributed by atoms with Crippen molar-refractivity contribution in [2.75, 3.05) is 58.1 Å². The first-order valence-corrected chi connectivity index (χ1v) is 15.8. The Morgan fingerprint density at radius 1 is 0.955 bits per heavy atom. The largest absolute Gasteiger partial charge is 0.467 e. The van der Waals surface area contributed by atoms with Crippen LogP contribution in [0.25, 0.3) is 5.57 Å². The summed E-state index contributed by atoms with van der Waals surface area (Å²) in [6.07, 6.45) is 3.41. The van der Waals surface area contributed by atoms with Gasteiger partial charge in [0.15, 0.2) is 6.79 Å². The smallest absolute Gasteiger partial charge is 0.341 e. The predicted molar refractivity (Wildman–Crippen MR) is 176 cm³/mol. The van der Waals surface area contributed by atoms with Crippen molar-refractivity contribution in [1.29, 1.82) is 0 Å². The fourth-order valence-electron chi connectivity index (χ4n) is 5.95. The number of allylic oxidation sites excluding steroid dienone is 1. The van der Waals surface area contributed by atoms with Crippen LogP contribution in [0.2, 0.25) is 5.02 Å². The predicted octanol–water partition coefficient (Wildman–Crippen LogP) is 8.08. The highest BCUT2D eigenvalue weighted by Crippen LogP contribution is 2.43. The molecule has 1 aliphatic carbocycles. The number of nitrogens with zero attached hydrogens (tertiary/aromatic N) is 2. The molecule has 1 heterocycles. The summed E-state index contributed by atoms with van der Waals surface area (Å²) in [7, 11) is 1.57. The summed E-state index contributed by atoms with van der Waals surface area (Å²) in [4.78, 5) is 17.7. The maximum atomic E-state index is 12.8. The van der Waals surface area contributed by atoms with Crippen LogP contribution >= 0.6 is 11.6 Å². The number of carbonyl (C=O) groups excluding carboxylic acids is 1. The van der Waals surface area contributed by atoms with Gasteiger partial charge in [0.2, 0.25) is 0 Å². The molecular weight excluding hydrogens is 576 g/mol. The zero-order valence-electron chi connectivity index (χ0n) is 26.2. The number of carbonyl (C=O) groups is 1. The highest BCUT2D eigenvalue weighted by Gasteiger charge is 2.29. The van der Waals surface area contributed by atoms with Crippen LogP contribution < -0.4 is 14.4 Å². The number of piperazine rings is 1. The lowest BCUT2D eigenvalue weighted by molar-refractivity contribution is 0.0510. The molecule has 1 aliphatic heterocycles. The second-order valence-electron chi connectivity index (χ2n) is 12.2. The van der Waals surface area contributed by atoms with Gasteiger partial charge in [-0.3, -0.25) is 4.90 Å². The maximum absolute atomic E-state index is 12.8. The van der Waals surface area contributed by atoms with E-state index in [1.165, 1.54) is 17.6 Å². The number of anilines is 1. The molecule has 234 valence electrons. The molecule has 0 radical (unpaired) electrons. The normalized spacial score (nSPS) is 17.0. The summed E-state index contributed by atoms with van der Waals surface area (Å²) in [6, 6.07) is 21.3. The molecule has 7 nitrogen and oxygen atoms in total. The number of rotatable bonds is 11. The van der Waals surface area contributed by atoms with Gasteiger partial charge in [0.1, 0.15) is 22.8 Å². The molecular formula is C36H43ClN2O5. The van der Waals surface area contributed by atoms with Crippen LogP contribution in [0.3, 0.4) is 0 Å². The van der Waals surface area contributed by atoms with E-state index in [0.29, 0.717) is 28.2 Å². The average Bonchev–Trinajstić information content (AvgIpc) is 3.02. The summed E-state index contributed by atoms with van der Waals surface area (Å²) in [5, 5.41) is 0.774. The first-order valence-electron chi connectivity index (χ1n) is 15.4. The lowest BCUT2D eigenvalue weighted by Crippen LogP contribution is -2.47. The quantitative estimate of drug-likeness (QED) is 0.159. The SMILES string of the molecule is CCOC(=O)c1ccc(N2CCN(CC3=C(c4ccc(Cl)cc4)CC(C)(C)CC3)CC2)cc1Oc1cccc(OCOC)c1. The van der Waals surface area contributed by atoms with E-state index in [4.69, 9.17) is 30.5 Å². The molecule has 0 amide bonds. The van der Waals surface area contributed by atoms with Crippen LogP contribution in [-0.4, -0.2) is 64.1 Å². The van der Waals surface area contributed by atoms with Crippen molar-refractivity contribution in [2.24, 2.45) is 5.41 Å². The molecule has 0 aromatic heterocycles. The van der Waals surface area contributed by atoms with Crippen LogP contribution in [0.15, 0.2) is 72.3 Å². The Bertz CT molecular complexity index is 1460. The molecule has 8 heteroatoms. The first-order chi connectivity index (χ1) is 21.2. The Labute approximate surface area is 266 Å². The molecule has 0 unspecified atom stereocenters. The second kappa shape index (κ2) is 14.5. The van der Waals surface area contributed by atoms with Gasteiger partial charge in [-0.05, 0) is 79.1 Å². The number of hydrogen-bond donors (Lipinski definition) is 0. The summed E-state index contributed by atoms with van der Waals surface area (Å²) in [5.74, 6) is 1.22. The fourth-order valence-corrected chi connectivity index (χ4v) is 6.08. The van der Waals surface area contributed by atoms with Crippen molar-refractivity contribution >= 4 is 28.8 Å². The lowest BCUT2D eigenvalue weighted by Gasteiger charge is -2.39. The monoisotopic (exact) mass is 618 g/mol. The highest BCUT2D eigenvalue weighted by molar-refractivity contribution is 6.30. The molecule has 2 aliphatic rings. The maximum Gasteiger partial charge on any atom is 0.341 e. The van der Waals surface area contributed by atoms with Crippen LogP contribution in [0.1, 0.15) is 56.0 Å². The molecule has 1 fully saturated rings. The van der Waals surface area contributed by atoms with Gasteiger partial charge in [-0.15, -0.1) is 0 Å². The first kappa shape index (κ1) is 31.9. The van der Waals surface area contributed by atoms with E-state index in [2.05, 4.69) is 35.8 Å². The molecule has 3 aromatic carbocycles. The van der Waals surface area contributed by atoms with Crippen LogP contribution in [0.5, 0.6) is 17.2 Å². The minimum atomic E-state index is -0.411. The van der Waals surface area contributed by atoms with Crippen molar-refractivity contribution in [2.45, 2.75) is 40.0 Å². The van der Waals surface area contributed by atoms with Gasteiger partial charge in [0.25, 0.3) is 0 Å². The summed E-state index contributed by atoms with van der Waals surface area (Å²) in [6.45, 7) is 11.6. The van der Waals surface area contributed by atoms with Crippen molar-refractivity contribution in [1.82, 2.24) is 4.90 Å². The van der Waals surface area contributed by atoms with E-state index >= 15 is 0 Å². The van der Waals surface area contributed by atoms with Gasteiger partial charge in [0, 0.05) is 62.7 Å². The highest BCUT2D eigenvalue weighted by atomic mass is 35.5. The molecule has 0 atom stereocenters. The van der Waals surface area contributed by atoms with Crippen molar-refractivity contribution in [3.05, 3.63) is 88.5 Å². The van der Waals surface area contributed by atoms with Crippen LogP contribution in [0.4, 0.5) is 5.69 Å². The third-order valence-electron chi connectivity index (χ3n) is 8.37. The van der Waals surface area contributed by atoms with Crippen molar-refractivity contribution in [3.63, 3.8) is 0 Å². The number of esters is 1. The summed E-state index contributed by atoms with van der Waals surface area (Å²) in [5.41, 5.74) is 6.02. The molecule has 0 bridgehead atoms. The van der Waals surface area contributed by atoms with Gasteiger partial charge in [0.05, 0.1) is 6.61 Å². The fraction of sp³-hybridized carbons (Fsp3) is 0.417. The number of hydrogen-bond acceptors (Lipinski definition) is 7. The zero-order chi connectivity index (χ0) is 31.1. The Morgan fingerprint density at radius 3 is 2.43 bits per heavy atom. The second-order valence-corrected chi connectivity index (χ2v) is 12.7. The van der Waals surface area contributed by atoms with Gasteiger partial charge in [-0.2, -0.15) is 0 Å². The third kappa shape index (κ3) is 8.14.